The molecule has 20 heavy (non-hydrogen) atoms. The summed E-state index contributed by atoms with van der Waals surface area (Å²) in [5, 5.41) is 22.4. The molecule has 0 aliphatic rings. The van der Waals surface area contributed by atoms with E-state index in [4.69, 9.17) is 9.84 Å². The number of carbonyl (C=O) groups excluding carboxylic acids is 1. The maximum absolute atomic E-state index is 12.2. The summed E-state index contributed by atoms with van der Waals surface area (Å²) in [5.74, 6) is -0.225. The van der Waals surface area contributed by atoms with E-state index < -0.39 is 16.4 Å². The molecule has 1 amide bonds. The Kier molecular flexibility index (Phi) is 5.04. The number of aliphatic hydroxyl groups excluding tert-OH is 1. The summed E-state index contributed by atoms with van der Waals surface area (Å²) in [7, 11) is 1.39. The van der Waals surface area contributed by atoms with Crippen molar-refractivity contribution in [1.29, 1.82) is 0 Å². The van der Waals surface area contributed by atoms with Gasteiger partial charge in [0.2, 0.25) is 0 Å². The molecule has 110 valence electrons. The predicted molar refractivity (Wildman–Crippen MR) is 72.9 cm³/mol. The first kappa shape index (κ1) is 15.9. The highest BCUT2D eigenvalue weighted by Gasteiger charge is 2.24. The molecule has 1 aromatic carbocycles. The minimum atomic E-state index is -0.624. The van der Waals surface area contributed by atoms with Crippen LogP contribution in [0.1, 0.15) is 30.6 Å². The highest BCUT2D eigenvalue weighted by atomic mass is 16.6. The van der Waals surface area contributed by atoms with Crippen LogP contribution in [0.2, 0.25) is 0 Å². The molecule has 0 unspecified atom stereocenters. The summed E-state index contributed by atoms with van der Waals surface area (Å²) in [6.45, 7) is 3.44. The van der Waals surface area contributed by atoms with Gasteiger partial charge in [0.1, 0.15) is 5.75 Å². The van der Waals surface area contributed by atoms with Crippen LogP contribution in [-0.4, -0.2) is 35.2 Å². The van der Waals surface area contributed by atoms with Crippen molar-refractivity contribution in [3.63, 3.8) is 0 Å². The Balaban J connectivity index is 3.07. The van der Waals surface area contributed by atoms with Gasteiger partial charge in [-0.2, -0.15) is 0 Å². The van der Waals surface area contributed by atoms with Gasteiger partial charge in [0.25, 0.3) is 11.6 Å². The number of aliphatic hydroxyl groups is 1. The van der Waals surface area contributed by atoms with Gasteiger partial charge in [-0.3, -0.25) is 14.9 Å². The van der Waals surface area contributed by atoms with Crippen LogP contribution in [0.15, 0.2) is 18.2 Å². The number of nitrogens with zero attached hydrogens (tertiary/aromatic N) is 1. The third kappa shape index (κ3) is 3.92. The second-order valence-electron chi connectivity index (χ2n) is 4.95. The first-order valence-corrected chi connectivity index (χ1v) is 6.06. The van der Waals surface area contributed by atoms with Crippen LogP contribution in [0, 0.1) is 10.1 Å². The molecule has 0 aromatic heterocycles. The average Bonchev–Trinajstić information content (AvgIpc) is 2.37. The standard InChI is InChI=1S/C13H18N2O5/c1-13(2,6-7-16)14-12(17)10-8-9(15(18)19)4-5-11(10)20-3/h4-5,8,16H,6-7H2,1-3H3,(H,14,17). The highest BCUT2D eigenvalue weighted by molar-refractivity contribution is 5.98. The van der Waals surface area contributed by atoms with Crippen molar-refractivity contribution in [3.05, 3.63) is 33.9 Å². The van der Waals surface area contributed by atoms with E-state index in [1.807, 2.05) is 0 Å². The summed E-state index contributed by atoms with van der Waals surface area (Å²) in [5.41, 5.74) is -0.717. The molecule has 0 atom stereocenters. The van der Waals surface area contributed by atoms with Crippen LogP contribution < -0.4 is 10.1 Å². The highest BCUT2D eigenvalue weighted by Crippen LogP contribution is 2.24. The molecule has 0 aliphatic heterocycles. The first-order chi connectivity index (χ1) is 9.30. The number of non-ortho nitro benzene ring substituents is 1. The normalized spacial score (nSPS) is 11.0. The number of ether oxygens (including phenoxy) is 1. The van der Waals surface area contributed by atoms with E-state index in [9.17, 15) is 14.9 Å². The molecule has 0 radical (unpaired) electrons. The van der Waals surface area contributed by atoms with Crippen molar-refractivity contribution in [2.75, 3.05) is 13.7 Å². The molecule has 0 saturated heterocycles. The Hall–Kier alpha value is -2.15. The second kappa shape index (κ2) is 6.33. The van der Waals surface area contributed by atoms with E-state index in [0.29, 0.717) is 6.42 Å². The Morgan fingerprint density at radius 1 is 1.50 bits per heavy atom. The number of hydrogen-bond donors (Lipinski definition) is 2. The Morgan fingerprint density at radius 3 is 2.65 bits per heavy atom. The maximum Gasteiger partial charge on any atom is 0.270 e. The largest absolute Gasteiger partial charge is 0.496 e. The predicted octanol–water partition coefficient (Wildman–Crippen LogP) is 1.49. The smallest absolute Gasteiger partial charge is 0.270 e. The summed E-state index contributed by atoms with van der Waals surface area (Å²) in [4.78, 5) is 22.4. The molecule has 0 fully saturated rings. The van der Waals surface area contributed by atoms with Gasteiger partial charge in [-0.1, -0.05) is 0 Å². The fourth-order valence-electron chi connectivity index (χ4n) is 1.70. The molecular weight excluding hydrogens is 264 g/mol. The number of nitrogens with one attached hydrogen (secondary N) is 1. The first-order valence-electron chi connectivity index (χ1n) is 6.06. The molecule has 0 bridgehead atoms. The van der Waals surface area contributed by atoms with Crippen molar-refractivity contribution in [1.82, 2.24) is 5.32 Å². The quantitative estimate of drug-likeness (QED) is 0.608. The van der Waals surface area contributed by atoms with Crippen molar-refractivity contribution in [2.24, 2.45) is 0 Å². The van der Waals surface area contributed by atoms with E-state index in [2.05, 4.69) is 5.32 Å². The number of amides is 1. The number of nitro groups is 1. The molecule has 7 heteroatoms. The second-order valence-corrected chi connectivity index (χ2v) is 4.95. The number of nitro benzene ring substituents is 1. The van der Waals surface area contributed by atoms with Crippen LogP contribution in [0.3, 0.4) is 0 Å². The SMILES string of the molecule is COc1ccc([N+](=O)[O-])cc1C(=O)NC(C)(C)CCO. The lowest BCUT2D eigenvalue weighted by atomic mass is 10.0. The number of rotatable bonds is 6. The van der Waals surface area contributed by atoms with Gasteiger partial charge >= 0.3 is 0 Å². The van der Waals surface area contributed by atoms with E-state index in [1.165, 1.54) is 25.3 Å². The van der Waals surface area contributed by atoms with E-state index in [-0.39, 0.29) is 23.6 Å². The lowest BCUT2D eigenvalue weighted by Crippen LogP contribution is -2.44. The maximum atomic E-state index is 12.2. The molecule has 1 aromatic rings. The third-order valence-electron chi connectivity index (χ3n) is 2.83. The van der Waals surface area contributed by atoms with Gasteiger partial charge in [-0.15, -0.1) is 0 Å². The van der Waals surface area contributed by atoms with Gasteiger partial charge < -0.3 is 15.2 Å². The zero-order valence-corrected chi connectivity index (χ0v) is 11.7. The summed E-state index contributed by atoms with van der Waals surface area (Å²) < 4.78 is 5.04. The van der Waals surface area contributed by atoms with Crippen LogP contribution in [0.5, 0.6) is 5.75 Å². The van der Waals surface area contributed by atoms with Crippen LogP contribution in [0.4, 0.5) is 5.69 Å². The zero-order chi connectivity index (χ0) is 15.3. The fourth-order valence-corrected chi connectivity index (χ4v) is 1.70. The van der Waals surface area contributed by atoms with Gasteiger partial charge in [0.05, 0.1) is 17.6 Å². The van der Waals surface area contributed by atoms with Crippen molar-refractivity contribution >= 4 is 11.6 Å². The number of benzene rings is 1. The Bertz CT molecular complexity index is 513. The zero-order valence-electron chi connectivity index (χ0n) is 11.7. The molecule has 0 spiro atoms. The van der Waals surface area contributed by atoms with Crippen LogP contribution in [-0.2, 0) is 0 Å². The molecular formula is C13H18N2O5. The van der Waals surface area contributed by atoms with Crippen LogP contribution in [0.25, 0.3) is 0 Å². The van der Waals surface area contributed by atoms with Gasteiger partial charge in [0, 0.05) is 24.3 Å². The molecule has 2 N–H and O–H groups in total. The topological polar surface area (TPSA) is 102 Å². The molecule has 0 saturated carbocycles. The van der Waals surface area contributed by atoms with E-state index >= 15 is 0 Å². The van der Waals surface area contributed by atoms with E-state index in [0.717, 1.165) is 0 Å². The number of hydrogen-bond acceptors (Lipinski definition) is 5. The van der Waals surface area contributed by atoms with Gasteiger partial charge in [-0.25, -0.2) is 0 Å². The fraction of sp³-hybridized carbons (Fsp3) is 0.462. The Labute approximate surface area is 116 Å². The number of methoxy groups -OCH3 is 1. The monoisotopic (exact) mass is 282 g/mol. The minimum Gasteiger partial charge on any atom is -0.496 e. The summed E-state index contributed by atoms with van der Waals surface area (Å²) in [6, 6.07) is 3.82. The van der Waals surface area contributed by atoms with Crippen LogP contribution >= 0.6 is 0 Å². The lowest BCUT2D eigenvalue weighted by Gasteiger charge is -2.25. The molecule has 0 heterocycles. The molecule has 1 rings (SSSR count). The number of carbonyl (C=O) groups is 1. The molecule has 0 aliphatic carbocycles. The van der Waals surface area contributed by atoms with E-state index in [1.54, 1.807) is 13.8 Å². The summed E-state index contributed by atoms with van der Waals surface area (Å²) in [6.07, 6.45) is 0.371. The van der Waals surface area contributed by atoms with Gasteiger partial charge in [0.15, 0.2) is 0 Å². The average molecular weight is 282 g/mol. The summed E-state index contributed by atoms with van der Waals surface area (Å²) >= 11 is 0. The minimum absolute atomic E-state index is 0.0701. The lowest BCUT2D eigenvalue weighted by molar-refractivity contribution is -0.384. The van der Waals surface area contributed by atoms with Crippen molar-refractivity contribution in [2.45, 2.75) is 25.8 Å². The Morgan fingerprint density at radius 2 is 2.15 bits per heavy atom. The van der Waals surface area contributed by atoms with Crippen molar-refractivity contribution in [3.8, 4) is 5.75 Å². The van der Waals surface area contributed by atoms with Crippen molar-refractivity contribution < 1.29 is 19.6 Å². The third-order valence-corrected chi connectivity index (χ3v) is 2.83. The molecule has 7 nitrogen and oxygen atoms in total. The van der Waals surface area contributed by atoms with Gasteiger partial charge in [-0.05, 0) is 26.3 Å².